The molecule has 1 atom stereocenters. The van der Waals surface area contributed by atoms with Crippen molar-refractivity contribution in [3.63, 3.8) is 0 Å². The maximum absolute atomic E-state index is 12.3. The van der Waals surface area contributed by atoms with Crippen molar-refractivity contribution in [1.82, 2.24) is 5.32 Å². The molecule has 0 spiro atoms. The molecule has 1 aromatic rings. The van der Waals surface area contributed by atoms with E-state index in [0.29, 0.717) is 42.6 Å². The third-order valence-corrected chi connectivity index (χ3v) is 3.90. The molecule has 0 aliphatic carbocycles. The van der Waals surface area contributed by atoms with E-state index in [1.54, 1.807) is 17.0 Å². The summed E-state index contributed by atoms with van der Waals surface area (Å²) >= 11 is 0. The van der Waals surface area contributed by atoms with Crippen LogP contribution in [0.5, 0.6) is 17.2 Å². The zero-order valence-electron chi connectivity index (χ0n) is 14.1. The summed E-state index contributed by atoms with van der Waals surface area (Å²) in [4.78, 5) is 25.9. The number of ether oxygens (including phenoxy) is 3. The SMILES string of the molecule is COc1cc(N2CC(C(=O)NCCN)CC2=O)cc(OC)c1OC. The normalized spacial score (nSPS) is 16.9. The number of benzene rings is 1. The molecule has 3 N–H and O–H groups in total. The molecule has 2 rings (SSSR count). The summed E-state index contributed by atoms with van der Waals surface area (Å²) in [5, 5.41) is 2.72. The fraction of sp³-hybridized carbons (Fsp3) is 0.500. The highest BCUT2D eigenvalue weighted by Crippen LogP contribution is 2.42. The summed E-state index contributed by atoms with van der Waals surface area (Å²) in [5.41, 5.74) is 5.98. The third kappa shape index (κ3) is 3.53. The molecule has 0 aromatic heterocycles. The van der Waals surface area contributed by atoms with E-state index in [0.717, 1.165) is 0 Å². The Bertz CT molecular complexity index is 595. The molecule has 24 heavy (non-hydrogen) atoms. The van der Waals surface area contributed by atoms with Gasteiger partial charge in [0, 0.05) is 38.2 Å². The van der Waals surface area contributed by atoms with Crippen LogP contribution in [0.15, 0.2) is 12.1 Å². The van der Waals surface area contributed by atoms with Gasteiger partial charge in [-0.05, 0) is 0 Å². The number of anilines is 1. The minimum Gasteiger partial charge on any atom is -0.493 e. The lowest BCUT2D eigenvalue weighted by Crippen LogP contribution is -2.35. The van der Waals surface area contributed by atoms with Crippen molar-refractivity contribution in [2.24, 2.45) is 11.7 Å². The molecule has 1 aliphatic rings. The first-order valence-electron chi connectivity index (χ1n) is 7.63. The maximum atomic E-state index is 12.3. The van der Waals surface area contributed by atoms with Gasteiger partial charge in [-0.2, -0.15) is 0 Å². The Labute approximate surface area is 140 Å². The molecule has 8 heteroatoms. The quantitative estimate of drug-likeness (QED) is 0.734. The van der Waals surface area contributed by atoms with Crippen LogP contribution in [-0.4, -0.2) is 52.8 Å². The Morgan fingerprint density at radius 1 is 1.25 bits per heavy atom. The van der Waals surface area contributed by atoms with Crippen LogP contribution in [0.3, 0.4) is 0 Å². The molecule has 1 fully saturated rings. The zero-order chi connectivity index (χ0) is 17.7. The largest absolute Gasteiger partial charge is 0.493 e. The van der Waals surface area contributed by atoms with Crippen LogP contribution < -0.4 is 30.2 Å². The highest BCUT2D eigenvalue weighted by atomic mass is 16.5. The van der Waals surface area contributed by atoms with Gasteiger partial charge in [0.1, 0.15) is 0 Å². The van der Waals surface area contributed by atoms with Gasteiger partial charge in [0.2, 0.25) is 17.6 Å². The van der Waals surface area contributed by atoms with Gasteiger partial charge in [0.05, 0.1) is 32.9 Å². The second-order valence-corrected chi connectivity index (χ2v) is 5.37. The van der Waals surface area contributed by atoms with E-state index in [9.17, 15) is 9.59 Å². The number of nitrogens with one attached hydrogen (secondary N) is 1. The van der Waals surface area contributed by atoms with Crippen LogP contribution >= 0.6 is 0 Å². The van der Waals surface area contributed by atoms with Gasteiger partial charge in [-0.25, -0.2) is 0 Å². The molecule has 1 aliphatic heterocycles. The molecule has 2 amide bonds. The highest BCUT2D eigenvalue weighted by molar-refractivity contribution is 6.00. The number of hydrogen-bond acceptors (Lipinski definition) is 6. The number of nitrogens with two attached hydrogens (primary N) is 1. The van der Waals surface area contributed by atoms with Crippen molar-refractivity contribution < 1.29 is 23.8 Å². The van der Waals surface area contributed by atoms with Crippen molar-refractivity contribution in [3.05, 3.63) is 12.1 Å². The van der Waals surface area contributed by atoms with Gasteiger partial charge in [0.15, 0.2) is 11.5 Å². The van der Waals surface area contributed by atoms with E-state index in [1.165, 1.54) is 21.3 Å². The average Bonchev–Trinajstić information content (AvgIpc) is 3.00. The molecule has 0 saturated carbocycles. The third-order valence-electron chi connectivity index (χ3n) is 3.90. The Morgan fingerprint density at radius 2 is 1.88 bits per heavy atom. The summed E-state index contributed by atoms with van der Waals surface area (Å²) in [6.07, 6.45) is 0.160. The molecule has 1 saturated heterocycles. The van der Waals surface area contributed by atoms with Gasteiger partial charge in [-0.1, -0.05) is 0 Å². The van der Waals surface area contributed by atoms with E-state index in [1.807, 2.05) is 0 Å². The second-order valence-electron chi connectivity index (χ2n) is 5.37. The second kappa shape index (κ2) is 7.87. The summed E-state index contributed by atoms with van der Waals surface area (Å²) in [5.74, 6) is 0.669. The molecule has 8 nitrogen and oxygen atoms in total. The van der Waals surface area contributed by atoms with E-state index in [2.05, 4.69) is 5.32 Å². The van der Waals surface area contributed by atoms with Gasteiger partial charge >= 0.3 is 0 Å². The highest BCUT2D eigenvalue weighted by Gasteiger charge is 2.35. The number of amides is 2. The number of hydrogen-bond donors (Lipinski definition) is 2. The number of carbonyl (C=O) groups is 2. The standard InChI is InChI=1S/C16H23N3O5/c1-22-12-7-11(8-13(23-2)15(12)24-3)19-9-10(6-14(19)20)16(21)18-5-4-17/h7-8,10H,4-6,9,17H2,1-3H3,(H,18,21). The smallest absolute Gasteiger partial charge is 0.227 e. The minimum atomic E-state index is -0.400. The number of methoxy groups -OCH3 is 3. The Balaban J connectivity index is 2.25. The molecule has 132 valence electrons. The Kier molecular flexibility index (Phi) is 5.86. The Hall–Kier alpha value is -2.48. The minimum absolute atomic E-state index is 0.128. The van der Waals surface area contributed by atoms with Gasteiger partial charge in [0.25, 0.3) is 0 Å². The topological polar surface area (TPSA) is 103 Å². The molecule has 1 aromatic carbocycles. The molecular formula is C16H23N3O5. The lowest BCUT2D eigenvalue weighted by molar-refractivity contribution is -0.126. The predicted molar refractivity (Wildman–Crippen MR) is 88.6 cm³/mol. The Morgan fingerprint density at radius 3 is 2.38 bits per heavy atom. The number of rotatable bonds is 7. The molecule has 1 unspecified atom stereocenters. The van der Waals surface area contributed by atoms with Crippen LogP contribution in [0.1, 0.15) is 6.42 Å². The molecule has 0 bridgehead atoms. The van der Waals surface area contributed by atoms with Crippen LogP contribution in [0.2, 0.25) is 0 Å². The fourth-order valence-electron chi connectivity index (χ4n) is 2.70. The zero-order valence-corrected chi connectivity index (χ0v) is 14.1. The summed E-state index contributed by atoms with van der Waals surface area (Å²) < 4.78 is 15.9. The lowest BCUT2D eigenvalue weighted by atomic mass is 10.1. The molecule has 1 heterocycles. The van der Waals surface area contributed by atoms with Crippen molar-refractivity contribution in [2.45, 2.75) is 6.42 Å². The van der Waals surface area contributed by atoms with Crippen LogP contribution in [0.25, 0.3) is 0 Å². The van der Waals surface area contributed by atoms with Crippen LogP contribution in [0, 0.1) is 5.92 Å². The number of carbonyl (C=O) groups excluding carboxylic acids is 2. The first-order valence-corrected chi connectivity index (χ1v) is 7.63. The first-order chi connectivity index (χ1) is 11.5. The predicted octanol–water partition coefficient (Wildman–Crippen LogP) is 0.140. The lowest BCUT2D eigenvalue weighted by Gasteiger charge is -2.20. The van der Waals surface area contributed by atoms with Crippen molar-refractivity contribution >= 4 is 17.5 Å². The van der Waals surface area contributed by atoms with Gasteiger partial charge in [-0.3, -0.25) is 9.59 Å². The van der Waals surface area contributed by atoms with Crippen molar-refractivity contribution in [2.75, 3.05) is 45.9 Å². The molecular weight excluding hydrogens is 314 g/mol. The van der Waals surface area contributed by atoms with Gasteiger partial charge in [-0.15, -0.1) is 0 Å². The van der Waals surface area contributed by atoms with Gasteiger partial charge < -0.3 is 30.2 Å². The van der Waals surface area contributed by atoms with E-state index in [-0.39, 0.29) is 18.2 Å². The van der Waals surface area contributed by atoms with E-state index < -0.39 is 5.92 Å². The van der Waals surface area contributed by atoms with E-state index in [4.69, 9.17) is 19.9 Å². The van der Waals surface area contributed by atoms with E-state index >= 15 is 0 Å². The average molecular weight is 337 g/mol. The monoisotopic (exact) mass is 337 g/mol. The summed E-state index contributed by atoms with van der Waals surface area (Å²) in [7, 11) is 4.53. The van der Waals surface area contributed by atoms with Crippen molar-refractivity contribution in [1.29, 1.82) is 0 Å². The summed E-state index contributed by atoms with van der Waals surface area (Å²) in [6.45, 7) is 1.06. The van der Waals surface area contributed by atoms with Crippen LogP contribution in [0.4, 0.5) is 5.69 Å². The molecule has 0 radical (unpaired) electrons. The number of nitrogens with zero attached hydrogens (tertiary/aromatic N) is 1. The summed E-state index contributed by atoms with van der Waals surface area (Å²) in [6, 6.07) is 3.39. The fourth-order valence-corrected chi connectivity index (χ4v) is 2.70. The maximum Gasteiger partial charge on any atom is 0.227 e. The first kappa shape index (κ1) is 17.9. The van der Waals surface area contributed by atoms with Crippen LogP contribution in [-0.2, 0) is 9.59 Å². The van der Waals surface area contributed by atoms with Crippen molar-refractivity contribution in [3.8, 4) is 17.2 Å².